The first-order valence-corrected chi connectivity index (χ1v) is 6.30. The topological polar surface area (TPSA) is 72.9 Å². The molecule has 5 heteroatoms. The number of amides is 1. The molecule has 100 valence electrons. The standard InChI is InChI=1S/C14H18N4O/c1-2-18-8-7-16-14(18)10-17-12-5-3-11(4-6-12)9-13(15)19/h3-8,17H,2,9-10H2,1H3,(H2,15,19). The van der Waals surface area contributed by atoms with Crippen molar-refractivity contribution >= 4 is 11.6 Å². The van der Waals surface area contributed by atoms with Gasteiger partial charge in [-0.3, -0.25) is 4.79 Å². The second kappa shape index (κ2) is 6.04. The number of primary amides is 1. The van der Waals surface area contributed by atoms with Gasteiger partial charge in [0, 0.05) is 24.6 Å². The van der Waals surface area contributed by atoms with E-state index in [2.05, 4.69) is 21.8 Å². The predicted molar refractivity (Wildman–Crippen MR) is 74.6 cm³/mol. The van der Waals surface area contributed by atoms with Crippen molar-refractivity contribution in [3.8, 4) is 0 Å². The number of anilines is 1. The van der Waals surface area contributed by atoms with E-state index in [0.29, 0.717) is 6.54 Å². The van der Waals surface area contributed by atoms with Crippen LogP contribution in [0.15, 0.2) is 36.7 Å². The maximum atomic E-state index is 10.8. The Bertz CT molecular complexity index is 545. The van der Waals surface area contributed by atoms with Gasteiger partial charge < -0.3 is 15.6 Å². The van der Waals surface area contributed by atoms with E-state index in [-0.39, 0.29) is 12.3 Å². The summed E-state index contributed by atoms with van der Waals surface area (Å²) in [7, 11) is 0. The highest BCUT2D eigenvalue weighted by molar-refractivity contribution is 5.76. The molecule has 1 amide bonds. The third-order valence-corrected chi connectivity index (χ3v) is 2.93. The third kappa shape index (κ3) is 3.58. The summed E-state index contributed by atoms with van der Waals surface area (Å²) in [5.74, 6) is 0.689. The van der Waals surface area contributed by atoms with Gasteiger partial charge in [0.15, 0.2) is 0 Å². The van der Waals surface area contributed by atoms with Gasteiger partial charge in [-0.25, -0.2) is 4.98 Å². The zero-order chi connectivity index (χ0) is 13.7. The van der Waals surface area contributed by atoms with Gasteiger partial charge in [0.1, 0.15) is 5.82 Å². The number of nitrogens with two attached hydrogens (primary N) is 1. The first-order valence-electron chi connectivity index (χ1n) is 6.30. The molecule has 0 fully saturated rings. The quantitative estimate of drug-likeness (QED) is 0.825. The molecule has 0 aliphatic heterocycles. The highest BCUT2D eigenvalue weighted by Crippen LogP contribution is 2.11. The van der Waals surface area contributed by atoms with Gasteiger partial charge in [-0.15, -0.1) is 0 Å². The van der Waals surface area contributed by atoms with Crippen LogP contribution in [0.1, 0.15) is 18.3 Å². The van der Waals surface area contributed by atoms with Crippen molar-refractivity contribution in [3.05, 3.63) is 48.0 Å². The number of aryl methyl sites for hydroxylation is 1. The van der Waals surface area contributed by atoms with E-state index in [4.69, 9.17) is 5.73 Å². The highest BCUT2D eigenvalue weighted by atomic mass is 16.1. The molecule has 0 bridgehead atoms. The SMILES string of the molecule is CCn1ccnc1CNc1ccc(CC(N)=O)cc1. The molecular formula is C14H18N4O. The van der Waals surface area contributed by atoms with E-state index in [0.717, 1.165) is 23.6 Å². The number of aromatic nitrogens is 2. The zero-order valence-electron chi connectivity index (χ0n) is 11.0. The van der Waals surface area contributed by atoms with Crippen LogP contribution in [0.25, 0.3) is 0 Å². The van der Waals surface area contributed by atoms with Crippen LogP contribution in [0.2, 0.25) is 0 Å². The minimum absolute atomic E-state index is 0.278. The summed E-state index contributed by atoms with van der Waals surface area (Å²) in [5, 5.41) is 3.30. The predicted octanol–water partition coefficient (Wildman–Crippen LogP) is 1.54. The molecule has 0 saturated carbocycles. The van der Waals surface area contributed by atoms with Crippen molar-refractivity contribution in [2.24, 2.45) is 5.73 Å². The summed E-state index contributed by atoms with van der Waals surface area (Å²) in [5.41, 5.74) is 7.07. The van der Waals surface area contributed by atoms with Crippen molar-refractivity contribution in [1.82, 2.24) is 9.55 Å². The van der Waals surface area contributed by atoms with Crippen LogP contribution in [-0.2, 0) is 24.3 Å². The van der Waals surface area contributed by atoms with Crippen LogP contribution in [0.5, 0.6) is 0 Å². The summed E-state index contributed by atoms with van der Waals surface area (Å²) in [6.07, 6.45) is 4.05. The van der Waals surface area contributed by atoms with Crippen LogP contribution in [-0.4, -0.2) is 15.5 Å². The smallest absolute Gasteiger partial charge is 0.221 e. The van der Waals surface area contributed by atoms with E-state index in [9.17, 15) is 4.79 Å². The van der Waals surface area contributed by atoms with Gasteiger partial charge in [0.05, 0.1) is 13.0 Å². The minimum atomic E-state index is -0.314. The largest absolute Gasteiger partial charge is 0.378 e. The van der Waals surface area contributed by atoms with Crippen LogP contribution in [0, 0.1) is 0 Å². The molecule has 0 aliphatic rings. The van der Waals surface area contributed by atoms with Gasteiger partial charge in [-0.2, -0.15) is 0 Å². The molecule has 1 aromatic carbocycles. The van der Waals surface area contributed by atoms with Gasteiger partial charge in [-0.1, -0.05) is 12.1 Å². The van der Waals surface area contributed by atoms with E-state index >= 15 is 0 Å². The van der Waals surface area contributed by atoms with Gasteiger partial charge >= 0.3 is 0 Å². The maximum absolute atomic E-state index is 10.8. The number of hydrogen-bond donors (Lipinski definition) is 2. The Balaban J connectivity index is 1.94. The number of hydrogen-bond acceptors (Lipinski definition) is 3. The Kier molecular flexibility index (Phi) is 4.18. The molecule has 0 spiro atoms. The third-order valence-electron chi connectivity index (χ3n) is 2.93. The van der Waals surface area contributed by atoms with E-state index in [1.54, 1.807) is 6.20 Å². The maximum Gasteiger partial charge on any atom is 0.221 e. The average Bonchev–Trinajstić information content (AvgIpc) is 2.84. The van der Waals surface area contributed by atoms with Crippen molar-refractivity contribution in [2.75, 3.05) is 5.32 Å². The minimum Gasteiger partial charge on any atom is -0.378 e. The van der Waals surface area contributed by atoms with Crippen LogP contribution < -0.4 is 11.1 Å². The molecule has 1 heterocycles. The number of carbonyl (C=O) groups excluding carboxylic acids is 1. The lowest BCUT2D eigenvalue weighted by Crippen LogP contribution is -2.13. The molecule has 2 rings (SSSR count). The molecule has 0 radical (unpaired) electrons. The first-order chi connectivity index (χ1) is 9.19. The number of nitrogens with zero attached hydrogens (tertiary/aromatic N) is 2. The van der Waals surface area contributed by atoms with Gasteiger partial charge in [0.25, 0.3) is 0 Å². The van der Waals surface area contributed by atoms with Crippen LogP contribution in [0.3, 0.4) is 0 Å². The molecule has 0 atom stereocenters. The second-order valence-corrected chi connectivity index (χ2v) is 4.32. The fraction of sp³-hybridized carbons (Fsp3) is 0.286. The van der Waals surface area contributed by atoms with Crippen LogP contribution in [0.4, 0.5) is 5.69 Å². The molecule has 0 aliphatic carbocycles. The van der Waals surface area contributed by atoms with E-state index in [1.807, 2.05) is 30.5 Å². The van der Waals surface area contributed by atoms with Gasteiger partial charge in [-0.05, 0) is 24.6 Å². The molecule has 2 aromatic rings. The lowest BCUT2D eigenvalue weighted by molar-refractivity contribution is -0.117. The zero-order valence-corrected chi connectivity index (χ0v) is 11.0. The summed E-state index contributed by atoms with van der Waals surface area (Å²) < 4.78 is 2.09. The fourth-order valence-electron chi connectivity index (χ4n) is 1.92. The van der Waals surface area contributed by atoms with E-state index < -0.39 is 0 Å². The Morgan fingerprint density at radius 2 is 2.11 bits per heavy atom. The van der Waals surface area contributed by atoms with Crippen molar-refractivity contribution < 1.29 is 4.79 Å². The van der Waals surface area contributed by atoms with E-state index in [1.165, 1.54) is 0 Å². The summed E-state index contributed by atoms with van der Waals surface area (Å²) in [6.45, 7) is 3.67. The van der Waals surface area contributed by atoms with Crippen molar-refractivity contribution in [1.29, 1.82) is 0 Å². The van der Waals surface area contributed by atoms with Crippen molar-refractivity contribution in [3.63, 3.8) is 0 Å². The molecule has 3 N–H and O–H groups in total. The number of nitrogens with one attached hydrogen (secondary N) is 1. The molecule has 19 heavy (non-hydrogen) atoms. The number of carbonyl (C=O) groups is 1. The first kappa shape index (κ1) is 13.1. The molecule has 1 aromatic heterocycles. The Morgan fingerprint density at radius 1 is 1.37 bits per heavy atom. The fourth-order valence-corrected chi connectivity index (χ4v) is 1.92. The summed E-state index contributed by atoms with van der Waals surface area (Å²) in [4.78, 5) is 15.1. The van der Waals surface area contributed by atoms with Crippen molar-refractivity contribution in [2.45, 2.75) is 26.4 Å². The Hall–Kier alpha value is -2.30. The number of rotatable bonds is 6. The lowest BCUT2D eigenvalue weighted by atomic mass is 10.1. The summed E-state index contributed by atoms with van der Waals surface area (Å²) >= 11 is 0. The van der Waals surface area contributed by atoms with Crippen LogP contribution >= 0.6 is 0 Å². The normalized spacial score (nSPS) is 10.4. The number of imidazole rings is 1. The summed E-state index contributed by atoms with van der Waals surface area (Å²) in [6, 6.07) is 7.69. The molecular weight excluding hydrogens is 240 g/mol. The average molecular weight is 258 g/mol. The second-order valence-electron chi connectivity index (χ2n) is 4.32. The molecule has 0 saturated heterocycles. The molecule has 0 unspecified atom stereocenters. The number of benzene rings is 1. The van der Waals surface area contributed by atoms with Gasteiger partial charge in [0.2, 0.25) is 5.91 Å². The monoisotopic (exact) mass is 258 g/mol. The Morgan fingerprint density at radius 3 is 2.74 bits per heavy atom. The highest BCUT2D eigenvalue weighted by Gasteiger charge is 2.02. The lowest BCUT2D eigenvalue weighted by Gasteiger charge is -2.08. The molecule has 5 nitrogen and oxygen atoms in total. The Labute approximate surface area is 112 Å².